The van der Waals surface area contributed by atoms with Crippen LogP contribution in [-0.2, 0) is 0 Å². The summed E-state index contributed by atoms with van der Waals surface area (Å²) in [5, 5.41) is 0.558. The molecule has 1 aromatic rings. The number of hydrogen-bond acceptors (Lipinski definition) is 3. The quantitative estimate of drug-likeness (QED) is 0.893. The second-order valence-corrected chi connectivity index (χ2v) is 6.46. The lowest BCUT2D eigenvalue weighted by Crippen LogP contribution is -2.45. The van der Waals surface area contributed by atoms with E-state index in [4.69, 9.17) is 5.73 Å². The maximum absolute atomic E-state index is 14.0. The third-order valence-electron chi connectivity index (χ3n) is 3.68. The topological polar surface area (TPSA) is 29.3 Å². The van der Waals surface area contributed by atoms with E-state index in [9.17, 15) is 4.39 Å². The molecule has 100 valence electrons. The van der Waals surface area contributed by atoms with Gasteiger partial charge in [-0.25, -0.2) is 4.39 Å². The summed E-state index contributed by atoms with van der Waals surface area (Å²) in [4.78, 5) is 2.29. The second kappa shape index (κ2) is 5.49. The molecule has 2 unspecified atom stereocenters. The zero-order chi connectivity index (χ0) is 13.3. The Bertz CT molecular complexity index is 422. The Morgan fingerprint density at radius 2 is 2.17 bits per heavy atom. The molecule has 1 fully saturated rings. The van der Waals surface area contributed by atoms with Crippen LogP contribution in [-0.4, -0.2) is 23.6 Å². The van der Waals surface area contributed by atoms with Crippen molar-refractivity contribution in [3.63, 3.8) is 0 Å². The van der Waals surface area contributed by atoms with Crippen LogP contribution in [0.4, 0.5) is 10.1 Å². The van der Waals surface area contributed by atoms with Crippen molar-refractivity contribution in [1.29, 1.82) is 0 Å². The van der Waals surface area contributed by atoms with Crippen LogP contribution in [0.2, 0.25) is 0 Å². The molecular weight excluding hydrogens is 247 g/mol. The van der Waals surface area contributed by atoms with Crippen molar-refractivity contribution in [3.8, 4) is 0 Å². The SMILES string of the molecule is CC1SCCN(c2cccc(F)c2[C@H](C)N)C1C. The highest BCUT2D eigenvalue weighted by Crippen LogP contribution is 2.34. The maximum atomic E-state index is 14.0. The molecule has 0 spiro atoms. The van der Waals surface area contributed by atoms with Gasteiger partial charge < -0.3 is 10.6 Å². The van der Waals surface area contributed by atoms with Crippen LogP contribution in [0.5, 0.6) is 0 Å². The van der Waals surface area contributed by atoms with Gasteiger partial charge in [-0.05, 0) is 26.0 Å². The van der Waals surface area contributed by atoms with Crippen molar-refractivity contribution >= 4 is 17.4 Å². The number of benzene rings is 1. The first-order chi connectivity index (χ1) is 8.52. The summed E-state index contributed by atoms with van der Waals surface area (Å²) in [5.41, 5.74) is 7.53. The Labute approximate surface area is 113 Å². The molecule has 1 heterocycles. The Balaban J connectivity index is 2.41. The van der Waals surface area contributed by atoms with Gasteiger partial charge in [0, 0.05) is 40.9 Å². The zero-order valence-corrected chi connectivity index (χ0v) is 12.0. The smallest absolute Gasteiger partial charge is 0.130 e. The Hall–Kier alpha value is -0.740. The van der Waals surface area contributed by atoms with Crippen LogP contribution in [0.25, 0.3) is 0 Å². The number of hydrogen-bond donors (Lipinski definition) is 1. The molecule has 0 radical (unpaired) electrons. The van der Waals surface area contributed by atoms with Crippen LogP contribution < -0.4 is 10.6 Å². The molecule has 1 aliphatic heterocycles. The predicted molar refractivity (Wildman–Crippen MR) is 77.7 cm³/mol. The molecule has 0 bridgehead atoms. The van der Waals surface area contributed by atoms with Crippen LogP contribution in [0, 0.1) is 5.82 Å². The molecule has 3 atom stereocenters. The molecule has 0 aromatic heterocycles. The first-order valence-corrected chi connectivity index (χ1v) is 7.49. The second-order valence-electron chi connectivity index (χ2n) is 4.97. The van der Waals surface area contributed by atoms with Crippen molar-refractivity contribution < 1.29 is 4.39 Å². The summed E-state index contributed by atoms with van der Waals surface area (Å²) in [6.07, 6.45) is 0. The van der Waals surface area contributed by atoms with Gasteiger partial charge in [0.1, 0.15) is 5.82 Å². The minimum atomic E-state index is -0.279. The number of nitrogens with zero attached hydrogens (tertiary/aromatic N) is 1. The molecule has 1 aromatic carbocycles. The number of thioether (sulfide) groups is 1. The van der Waals surface area contributed by atoms with Gasteiger partial charge in [-0.2, -0.15) is 11.8 Å². The molecular formula is C14H21FN2S. The highest BCUT2D eigenvalue weighted by Gasteiger charge is 2.28. The highest BCUT2D eigenvalue weighted by atomic mass is 32.2. The lowest BCUT2D eigenvalue weighted by atomic mass is 10.0. The summed E-state index contributed by atoms with van der Waals surface area (Å²) < 4.78 is 14.0. The Morgan fingerprint density at radius 1 is 1.44 bits per heavy atom. The van der Waals surface area contributed by atoms with Gasteiger partial charge in [0.05, 0.1) is 0 Å². The van der Waals surface area contributed by atoms with Gasteiger partial charge in [-0.1, -0.05) is 13.0 Å². The molecule has 2 N–H and O–H groups in total. The number of anilines is 1. The van der Waals surface area contributed by atoms with E-state index in [-0.39, 0.29) is 11.9 Å². The zero-order valence-electron chi connectivity index (χ0n) is 11.2. The van der Waals surface area contributed by atoms with E-state index in [1.54, 1.807) is 6.07 Å². The van der Waals surface area contributed by atoms with Crippen LogP contribution in [0.15, 0.2) is 18.2 Å². The predicted octanol–water partition coefficient (Wildman–Crippen LogP) is 3.18. The average molecular weight is 268 g/mol. The lowest BCUT2D eigenvalue weighted by Gasteiger charge is -2.40. The molecule has 18 heavy (non-hydrogen) atoms. The molecule has 1 aliphatic rings. The number of halogens is 1. The van der Waals surface area contributed by atoms with E-state index in [1.165, 1.54) is 6.07 Å². The van der Waals surface area contributed by atoms with Crippen molar-refractivity contribution in [2.75, 3.05) is 17.2 Å². The number of nitrogens with two attached hydrogens (primary N) is 1. The number of rotatable bonds is 2. The standard InChI is InChI=1S/C14H21FN2S/c1-9(16)14-12(15)5-4-6-13(14)17-7-8-18-11(3)10(17)2/h4-6,9-11H,7-8,16H2,1-3H3/t9-,10?,11?/m0/s1. The van der Waals surface area contributed by atoms with Crippen molar-refractivity contribution in [2.45, 2.75) is 38.1 Å². The highest BCUT2D eigenvalue weighted by molar-refractivity contribution is 8.00. The van der Waals surface area contributed by atoms with Crippen molar-refractivity contribution in [2.24, 2.45) is 5.73 Å². The van der Waals surface area contributed by atoms with Crippen LogP contribution in [0.1, 0.15) is 32.4 Å². The Morgan fingerprint density at radius 3 is 2.83 bits per heavy atom. The lowest BCUT2D eigenvalue weighted by molar-refractivity contribution is 0.579. The molecule has 4 heteroatoms. The van der Waals surface area contributed by atoms with Gasteiger partial charge in [0.25, 0.3) is 0 Å². The third kappa shape index (κ3) is 2.50. The summed E-state index contributed by atoms with van der Waals surface area (Å²) in [5.74, 6) is 0.890. The minimum absolute atomic E-state index is 0.194. The van der Waals surface area contributed by atoms with Gasteiger partial charge in [0.15, 0.2) is 0 Å². The van der Waals surface area contributed by atoms with Crippen LogP contribution >= 0.6 is 11.8 Å². The minimum Gasteiger partial charge on any atom is -0.367 e. The molecule has 0 amide bonds. The molecule has 1 saturated heterocycles. The van der Waals surface area contributed by atoms with E-state index in [0.717, 1.165) is 18.0 Å². The summed E-state index contributed by atoms with van der Waals surface area (Å²) in [6.45, 7) is 7.23. The maximum Gasteiger partial charge on any atom is 0.130 e. The van der Waals surface area contributed by atoms with Gasteiger partial charge in [-0.3, -0.25) is 0 Å². The van der Waals surface area contributed by atoms with Crippen molar-refractivity contribution in [1.82, 2.24) is 0 Å². The van der Waals surface area contributed by atoms with Crippen LogP contribution in [0.3, 0.4) is 0 Å². The first-order valence-electron chi connectivity index (χ1n) is 6.44. The first kappa shape index (κ1) is 13.7. The Kier molecular flexibility index (Phi) is 4.17. The van der Waals surface area contributed by atoms with E-state index in [1.807, 2.05) is 24.8 Å². The molecule has 2 rings (SSSR count). The van der Waals surface area contributed by atoms with Crippen molar-refractivity contribution in [3.05, 3.63) is 29.6 Å². The fourth-order valence-electron chi connectivity index (χ4n) is 2.50. The summed E-state index contributed by atoms with van der Waals surface area (Å²) >= 11 is 1.98. The fourth-order valence-corrected chi connectivity index (χ4v) is 3.60. The van der Waals surface area contributed by atoms with Gasteiger partial charge >= 0.3 is 0 Å². The van der Waals surface area contributed by atoms with E-state index in [2.05, 4.69) is 18.7 Å². The van der Waals surface area contributed by atoms with E-state index in [0.29, 0.717) is 16.9 Å². The van der Waals surface area contributed by atoms with Gasteiger partial charge in [-0.15, -0.1) is 0 Å². The molecule has 2 nitrogen and oxygen atoms in total. The van der Waals surface area contributed by atoms with Gasteiger partial charge in [0.2, 0.25) is 0 Å². The summed E-state index contributed by atoms with van der Waals surface area (Å²) in [7, 11) is 0. The third-order valence-corrected chi connectivity index (χ3v) is 5.02. The molecule has 0 saturated carbocycles. The van der Waals surface area contributed by atoms with E-state index < -0.39 is 0 Å². The summed E-state index contributed by atoms with van der Waals surface area (Å²) in [6, 6.07) is 5.38. The largest absolute Gasteiger partial charge is 0.367 e. The molecule has 0 aliphatic carbocycles. The normalized spacial score (nSPS) is 26.2. The average Bonchev–Trinajstić information content (AvgIpc) is 2.32. The van der Waals surface area contributed by atoms with E-state index >= 15 is 0 Å². The fraction of sp³-hybridized carbons (Fsp3) is 0.571. The monoisotopic (exact) mass is 268 g/mol.